The average Bonchev–Trinajstić information content (AvgIpc) is 2.97. The number of anilines is 2. The SMILES string of the molecule is Cc1ccc(NC(=O)c2sc(NS(=O)(=O)c3ccccc3)nc2C)cc1. The number of amides is 1. The third-order valence-corrected chi connectivity index (χ3v) is 6.14. The van der Waals surface area contributed by atoms with E-state index in [9.17, 15) is 13.2 Å². The van der Waals surface area contributed by atoms with Crippen molar-refractivity contribution >= 4 is 38.1 Å². The summed E-state index contributed by atoms with van der Waals surface area (Å²) in [4.78, 5) is 17.1. The summed E-state index contributed by atoms with van der Waals surface area (Å²) in [7, 11) is -3.74. The molecule has 0 spiro atoms. The van der Waals surface area contributed by atoms with Gasteiger partial charge in [0.25, 0.3) is 15.9 Å². The van der Waals surface area contributed by atoms with Crippen LogP contribution in [-0.2, 0) is 10.0 Å². The first-order valence-electron chi connectivity index (χ1n) is 7.78. The van der Waals surface area contributed by atoms with E-state index in [0.29, 0.717) is 16.3 Å². The maximum absolute atomic E-state index is 12.5. The molecule has 2 N–H and O–H groups in total. The van der Waals surface area contributed by atoms with Gasteiger partial charge in [-0.3, -0.25) is 9.52 Å². The average molecular weight is 387 g/mol. The Bertz CT molecular complexity index is 1030. The Morgan fingerprint density at radius 3 is 2.31 bits per heavy atom. The summed E-state index contributed by atoms with van der Waals surface area (Å²) in [5.41, 5.74) is 2.22. The highest BCUT2D eigenvalue weighted by Gasteiger charge is 2.20. The van der Waals surface area contributed by atoms with Gasteiger partial charge in [-0.25, -0.2) is 13.4 Å². The van der Waals surface area contributed by atoms with Gasteiger partial charge < -0.3 is 5.32 Å². The van der Waals surface area contributed by atoms with E-state index in [1.54, 1.807) is 25.1 Å². The van der Waals surface area contributed by atoms with Gasteiger partial charge in [-0.2, -0.15) is 0 Å². The molecule has 2 aromatic carbocycles. The number of carbonyl (C=O) groups excluding carboxylic acids is 1. The standard InChI is InChI=1S/C18H17N3O3S2/c1-12-8-10-14(11-9-12)20-17(22)16-13(2)19-18(25-16)21-26(23,24)15-6-4-3-5-7-15/h3-11H,1-2H3,(H,19,21)(H,20,22). The smallest absolute Gasteiger partial charge is 0.267 e. The van der Waals surface area contributed by atoms with Gasteiger partial charge in [-0.05, 0) is 38.1 Å². The van der Waals surface area contributed by atoms with Crippen molar-refractivity contribution < 1.29 is 13.2 Å². The van der Waals surface area contributed by atoms with Crippen LogP contribution < -0.4 is 10.0 Å². The molecule has 0 saturated heterocycles. The summed E-state index contributed by atoms with van der Waals surface area (Å²) >= 11 is 0.998. The maximum atomic E-state index is 12.5. The third-order valence-electron chi connectivity index (χ3n) is 3.59. The number of rotatable bonds is 5. The number of hydrogen-bond acceptors (Lipinski definition) is 5. The minimum Gasteiger partial charge on any atom is -0.321 e. The lowest BCUT2D eigenvalue weighted by Crippen LogP contribution is -2.12. The predicted octanol–water partition coefficient (Wildman–Crippen LogP) is 3.81. The van der Waals surface area contributed by atoms with Gasteiger partial charge in [0.15, 0.2) is 5.13 Å². The second kappa shape index (κ2) is 7.27. The minimum absolute atomic E-state index is 0.138. The number of carbonyl (C=O) groups is 1. The van der Waals surface area contributed by atoms with Gasteiger partial charge >= 0.3 is 0 Å². The van der Waals surface area contributed by atoms with Crippen LogP contribution in [0.5, 0.6) is 0 Å². The fourth-order valence-corrected chi connectivity index (χ4v) is 4.37. The Morgan fingerprint density at radius 2 is 1.65 bits per heavy atom. The normalized spacial score (nSPS) is 11.2. The second-order valence-electron chi connectivity index (χ2n) is 5.67. The first kappa shape index (κ1) is 18.1. The molecule has 8 heteroatoms. The van der Waals surface area contributed by atoms with E-state index < -0.39 is 10.0 Å². The van der Waals surface area contributed by atoms with Crippen LogP contribution in [0.2, 0.25) is 0 Å². The summed E-state index contributed by atoms with van der Waals surface area (Å²) in [5.74, 6) is -0.325. The van der Waals surface area contributed by atoms with Gasteiger partial charge in [-0.1, -0.05) is 47.2 Å². The Kier molecular flexibility index (Phi) is 5.06. The Labute approximate surface area is 156 Å². The molecule has 6 nitrogen and oxygen atoms in total. The topological polar surface area (TPSA) is 88.2 Å². The zero-order valence-corrected chi connectivity index (χ0v) is 15.8. The molecule has 1 aromatic heterocycles. The van der Waals surface area contributed by atoms with Crippen LogP contribution in [0.25, 0.3) is 0 Å². The second-order valence-corrected chi connectivity index (χ2v) is 8.35. The van der Waals surface area contributed by atoms with Crippen LogP contribution in [0.1, 0.15) is 20.9 Å². The first-order valence-corrected chi connectivity index (χ1v) is 10.1. The number of nitrogens with one attached hydrogen (secondary N) is 2. The van der Waals surface area contributed by atoms with Gasteiger partial charge in [-0.15, -0.1) is 0 Å². The lowest BCUT2D eigenvalue weighted by Gasteiger charge is -2.04. The highest BCUT2D eigenvalue weighted by Crippen LogP contribution is 2.26. The lowest BCUT2D eigenvalue weighted by molar-refractivity contribution is 0.103. The van der Waals surface area contributed by atoms with Gasteiger partial charge in [0.1, 0.15) is 4.88 Å². The molecule has 26 heavy (non-hydrogen) atoms. The summed E-state index contributed by atoms with van der Waals surface area (Å²) in [6, 6.07) is 15.4. The number of hydrogen-bond donors (Lipinski definition) is 2. The van der Waals surface area contributed by atoms with Crippen molar-refractivity contribution in [2.75, 3.05) is 10.0 Å². The Balaban J connectivity index is 1.78. The number of nitrogens with zero attached hydrogens (tertiary/aromatic N) is 1. The molecule has 0 aliphatic heterocycles. The zero-order chi connectivity index (χ0) is 18.7. The molecule has 0 bridgehead atoms. The van der Waals surface area contributed by atoms with E-state index in [1.807, 2.05) is 31.2 Å². The largest absolute Gasteiger partial charge is 0.321 e. The van der Waals surface area contributed by atoms with Crippen molar-refractivity contribution in [2.24, 2.45) is 0 Å². The monoisotopic (exact) mass is 387 g/mol. The number of sulfonamides is 1. The van der Waals surface area contributed by atoms with Gasteiger partial charge in [0.2, 0.25) is 0 Å². The molecular formula is C18H17N3O3S2. The minimum atomic E-state index is -3.74. The molecule has 0 atom stereocenters. The van der Waals surface area contributed by atoms with E-state index in [2.05, 4.69) is 15.0 Å². The van der Waals surface area contributed by atoms with E-state index in [4.69, 9.17) is 0 Å². The molecule has 3 aromatic rings. The summed E-state index contributed by atoms with van der Waals surface area (Å²) in [5, 5.41) is 2.94. The molecule has 0 aliphatic carbocycles. The van der Waals surface area contributed by atoms with Crippen molar-refractivity contribution in [3.8, 4) is 0 Å². The van der Waals surface area contributed by atoms with Crippen molar-refractivity contribution in [2.45, 2.75) is 18.7 Å². The molecule has 1 amide bonds. The Hall–Kier alpha value is -2.71. The van der Waals surface area contributed by atoms with Crippen molar-refractivity contribution in [1.29, 1.82) is 0 Å². The van der Waals surface area contributed by atoms with E-state index >= 15 is 0 Å². The molecule has 0 unspecified atom stereocenters. The molecule has 1 heterocycles. The number of thiazole rings is 1. The van der Waals surface area contributed by atoms with Crippen LogP contribution in [0.15, 0.2) is 59.5 Å². The van der Waals surface area contributed by atoms with Crippen molar-refractivity contribution in [3.05, 3.63) is 70.7 Å². The Morgan fingerprint density at radius 1 is 1.00 bits per heavy atom. The quantitative estimate of drug-likeness (QED) is 0.697. The third kappa shape index (κ3) is 4.09. The summed E-state index contributed by atoms with van der Waals surface area (Å²) in [6.07, 6.45) is 0. The highest BCUT2D eigenvalue weighted by atomic mass is 32.2. The summed E-state index contributed by atoms with van der Waals surface area (Å²) in [6.45, 7) is 3.63. The fourth-order valence-electron chi connectivity index (χ4n) is 2.25. The number of aromatic nitrogens is 1. The van der Waals surface area contributed by atoms with Crippen molar-refractivity contribution in [1.82, 2.24) is 4.98 Å². The maximum Gasteiger partial charge on any atom is 0.267 e. The van der Waals surface area contributed by atoms with Crippen LogP contribution >= 0.6 is 11.3 Å². The molecule has 134 valence electrons. The van der Waals surface area contributed by atoms with Crippen molar-refractivity contribution in [3.63, 3.8) is 0 Å². The predicted molar refractivity (Wildman–Crippen MR) is 103 cm³/mol. The molecule has 0 saturated carbocycles. The molecule has 3 rings (SSSR count). The summed E-state index contributed by atoms with van der Waals surface area (Å²) < 4.78 is 27.2. The van der Waals surface area contributed by atoms with E-state index in [-0.39, 0.29) is 15.9 Å². The van der Waals surface area contributed by atoms with Gasteiger partial charge in [0, 0.05) is 5.69 Å². The van der Waals surface area contributed by atoms with Crippen LogP contribution in [-0.4, -0.2) is 19.3 Å². The fraction of sp³-hybridized carbons (Fsp3) is 0.111. The highest BCUT2D eigenvalue weighted by molar-refractivity contribution is 7.93. The number of benzene rings is 2. The molecule has 0 radical (unpaired) electrons. The lowest BCUT2D eigenvalue weighted by atomic mass is 10.2. The van der Waals surface area contributed by atoms with Crippen LogP contribution in [0.4, 0.5) is 10.8 Å². The zero-order valence-electron chi connectivity index (χ0n) is 14.2. The molecular weight excluding hydrogens is 370 g/mol. The van der Waals surface area contributed by atoms with E-state index in [1.165, 1.54) is 12.1 Å². The van der Waals surface area contributed by atoms with Crippen LogP contribution in [0.3, 0.4) is 0 Å². The van der Waals surface area contributed by atoms with E-state index in [0.717, 1.165) is 16.9 Å². The molecule has 0 fully saturated rings. The first-order chi connectivity index (χ1) is 12.3. The molecule has 0 aliphatic rings. The van der Waals surface area contributed by atoms with Gasteiger partial charge in [0.05, 0.1) is 10.6 Å². The number of aryl methyl sites for hydroxylation is 2. The van der Waals surface area contributed by atoms with Crippen LogP contribution in [0, 0.1) is 13.8 Å².